The Morgan fingerprint density at radius 2 is 1.88 bits per heavy atom. The predicted octanol–water partition coefficient (Wildman–Crippen LogP) is 6.44. The third kappa shape index (κ3) is 3.08. The van der Waals surface area contributed by atoms with Crippen molar-refractivity contribution < 1.29 is 9.13 Å². The van der Waals surface area contributed by atoms with Crippen molar-refractivity contribution in [2.24, 2.45) is 5.41 Å². The molecule has 1 aliphatic rings. The van der Waals surface area contributed by atoms with E-state index in [1.54, 1.807) is 19.2 Å². The van der Waals surface area contributed by atoms with Crippen LogP contribution in [0.5, 0.6) is 5.75 Å². The molecule has 0 spiro atoms. The largest absolute Gasteiger partial charge is 0.497 e. The number of hydrogen-bond acceptors (Lipinski definition) is 1. The number of rotatable bonds is 4. The number of ether oxygens (including phenoxy) is 1. The second-order valence-electron chi connectivity index (χ2n) is 6.90. The fourth-order valence-corrected chi connectivity index (χ4v) is 3.60. The third-order valence-corrected chi connectivity index (χ3v) is 5.15. The highest BCUT2D eigenvalue weighted by Gasteiger charge is 2.30. The second-order valence-corrected chi connectivity index (χ2v) is 7.17. The van der Waals surface area contributed by atoms with Gasteiger partial charge >= 0.3 is 0 Å². The molecule has 0 aliphatic heterocycles. The van der Waals surface area contributed by atoms with Gasteiger partial charge in [0.1, 0.15) is 11.6 Å². The van der Waals surface area contributed by atoms with E-state index in [0.29, 0.717) is 17.2 Å². The van der Waals surface area contributed by atoms with E-state index in [4.69, 9.17) is 16.3 Å². The van der Waals surface area contributed by atoms with Crippen LogP contribution in [0.2, 0.25) is 0 Å². The summed E-state index contributed by atoms with van der Waals surface area (Å²) < 4.78 is 19.8. The fraction of sp³-hybridized carbons (Fsp3) is 0.333. The highest BCUT2D eigenvalue weighted by atomic mass is 35.5. The maximum absolute atomic E-state index is 14.5. The van der Waals surface area contributed by atoms with Crippen LogP contribution < -0.4 is 4.74 Å². The summed E-state index contributed by atoms with van der Waals surface area (Å²) in [5.41, 5.74) is 4.92. The summed E-state index contributed by atoms with van der Waals surface area (Å²) in [6.45, 7) is 4.48. The van der Waals surface area contributed by atoms with Gasteiger partial charge < -0.3 is 4.74 Å². The minimum atomic E-state index is -0.243. The first-order valence-electron chi connectivity index (χ1n) is 8.20. The number of halogens is 2. The fourth-order valence-electron chi connectivity index (χ4n) is 3.43. The Hall–Kier alpha value is -1.80. The molecule has 0 N–H and O–H groups in total. The molecule has 3 rings (SSSR count). The van der Waals surface area contributed by atoms with Crippen LogP contribution in [0.15, 0.2) is 42.5 Å². The van der Waals surface area contributed by atoms with Crippen LogP contribution in [0.3, 0.4) is 0 Å². The Bertz CT molecular complexity index is 792. The van der Waals surface area contributed by atoms with Crippen LogP contribution in [-0.2, 0) is 5.88 Å². The SMILES string of the molecule is COc1ccc(F)c(-c2ccc(CCl)cc2C2=CCCC2(C)C)c1. The molecular weight excluding hydrogens is 323 g/mol. The van der Waals surface area contributed by atoms with E-state index < -0.39 is 0 Å². The molecule has 2 aromatic carbocycles. The normalized spacial score (nSPS) is 16.1. The van der Waals surface area contributed by atoms with E-state index in [9.17, 15) is 4.39 Å². The summed E-state index contributed by atoms with van der Waals surface area (Å²) in [5, 5.41) is 0. The van der Waals surface area contributed by atoms with E-state index >= 15 is 0 Å². The second kappa shape index (κ2) is 6.60. The Morgan fingerprint density at radius 3 is 2.50 bits per heavy atom. The zero-order valence-electron chi connectivity index (χ0n) is 14.3. The van der Waals surface area contributed by atoms with Gasteiger partial charge in [0, 0.05) is 11.4 Å². The topological polar surface area (TPSA) is 9.23 Å². The van der Waals surface area contributed by atoms with Gasteiger partial charge in [-0.3, -0.25) is 0 Å². The zero-order valence-corrected chi connectivity index (χ0v) is 15.1. The van der Waals surface area contributed by atoms with Crippen LogP contribution in [0.25, 0.3) is 16.7 Å². The van der Waals surface area contributed by atoms with Crippen LogP contribution in [0.1, 0.15) is 37.8 Å². The molecule has 0 unspecified atom stereocenters. The van der Waals surface area contributed by atoms with E-state index in [1.165, 1.54) is 11.6 Å². The van der Waals surface area contributed by atoms with Gasteiger partial charge in [0.15, 0.2) is 0 Å². The Morgan fingerprint density at radius 1 is 1.08 bits per heavy atom. The molecule has 0 fully saturated rings. The van der Waals surface area contributed by atoms with Gasteiger partial charge in [0.25, 0.3) is 0 Å². The molecule has 0 aromatic heterocycles. The standard InChI is InChI=1S/C21H22ClFO/c1-21(2)10-4-5-19(21)17-11-14(13-22)6-8-16(17)18-12-15(24-3)7-9-20(18)23/h5-9,11-12H,4,10,13H2,1-3H3. The predicted molar refractivity (Wildman–Crippen MR) is 98.9 cm³/mol. The molecular formula is C21H22ClFO. The van der Waals surface area contributed by atoms with Crippen molar-refractivity contribution in [1.29, 1.82) is 0 Å². The van der Waals surface area contributed by atoms with E-state index in [1.807, 2.05) is 12.1 Å². The molecule has 3 heteroatoms. The summed E-state index contributed by atoms with van der Waals surface area (Å²) in [6.07, 6.45) is 4.43. The smallest absolute Gasteiger partial charge is 0.131 e. The molecule has 0 saturated heterocycles. The van der Waals surface area contributed by atoms with Gasteiger partial charge in [0.2, 0.25) is 0 Å². The minimum Gasteiger partial charge on any atom is -0.497 e. The quantitative estimate of drug-likeness (QED) is 0.579. The summed E-state index contributed by atoms with van der Waals surface area (Å²) in [7, 11) is 1.59. The van der Waals surface area contributed by atoms with E-state index in [0.717, 1.165) is 29.5 Å². The van der Waals surface area contributed by atoms with E-state index in [2.05, 4.69) is 26.0 Å². The summed E-state index contributed by atoms with van der Waals surface area (Å²) in [4.78, 5) is 0. The van der Waals surface area contributed by atoms with Crippen molar-refractivity contribution in [1.82, 2.24) is 0 Å². The summed E-state index contributed by atoms with van der Waals surface area (Å²) >= 11 is 6.04. The first kappa shape index (κ1) is 17.0. The first-order valence-corrected chi connectivity index (χ1v) is 8.73. The van der Waals surface area contributed by atoms with Gasteiger partial charge in [-0.25, -0.2) is 4.39 Å². The third-order valence-electron chi connectivity index (χ3n) is 4.84. The molecule has 2 aromatic rings. The highest BCUT2D eigenvalue weighted by molar-refractivity contribution is 6.17. The molecule has 0 heterocycles. The maximum Gasteiger partial charge on any atom is 0.131 e. The Labute approximate surface area is 148 Å². The Balaban J connectivity index is 2.22. The average molecular weight is 345 g/mol. The zero-order chi connectivity index (χ0) is 17.3. The minimum absolute atomic E-state index is 0.0784. The van der Waals surface area contributed by atoms with Gasteiger partial charge in [-0.05, 0) is 64.8 Å². The number of methoxy groups -OCH3 is 1. The van der Waals surface area contributed by atoms with Crippen LogP contribution in [0, 0.1) is 11.2 Å². The number of alkyl halides is 1. The molecule has 24 heavy (non-hydrogen) atoms. The van der Waals surface area contributed by atoms with Crippen molar-refractivity contribution in [2.75, 3.05) is 7.11 Å². The molecule has 0 saturated carbocycles. The monoisotopic (exact) mass is 344 g/mol. The maximum atomic E-state index is 14.5. The molecule has 1 aliphatic carbocycles. The lowest BCUT2D eigenvalue weighted by Gasteiger charge is -2.25. The number of benzene rings is 2. The number of allylic oxidation sites excluding steroid dienone is 2. The molecule has 1 nitrogen and oxygen atoms in total. The molecule has 126 valence electrons. The van der Waals surface area contributed by atoms with Crippen molar-refractivity contribution in [3.05, 3.63) is 59.4 Å². The van der Waals surface area contributed by atoms with Crippen LogP contribution in [-0.4, -0.2) is 7.11 Å². The van der Waals surface area contributed by atoms with Crippen molar-refractivity contribution in [2.45, 2.75) is 32.6 Å². The van der Waals surface area contributed by atoms with Gasteiger partial charge in [0.05, 0.1) is 7.11 Å². The van der Waals surface area contributed by atoms with Crippen molar-refractivity contribution in [3.63, 3.8) is 0 Å². The van der Waals surface area contributed by atoms with Crippen molar-refractivity contribution in [3.8, 4) is 16.9 Å². The van der Waals surface area contributed by atoms with Crippen LogP contribution in [0.4, 0.5) is 4.39 Å². The Kier molecular flexibility index (Phi) is 4.69. The number of hydrogen-bond donors (Lipinski definition) is 0. The average Bonchev–Trinajstić information content (AvgIpc) is 2.94. The van der Waals surface area contributed by atoms with Gasteiger partial charge in [-0.2, -0.15) is 0 Å². The highest BCUT2D eigenvalue weighted by Crippen LogP contribution is 2.47. The first-order chi connectivity index (χ1) is 11.5. The van der Waals surface area contributed by atoms with Crippen molar-refractivity contribution >= 4 is 17.2 Å². The van der Waals surface area contributed by atoms with Crippen LogP contribution >= 0.6 is 11.6 Å². The molecule has 0 atom stereocenters. The lowest BCUT2D eigenvalue weighted by molar-refractivity contribution is 0.414. The molecule has 0 amide bonds. The lowest BCUT2D eigenvalue weighted by atomic mass is 9.79. The molecule has 0 bridgehead atoms. The van der Waals surface area contributed by atoms with Gasteiger partial charge in [-0.15, -0.1) is 11.6 Å². The summed E-state index contributed by atoms with van der Waals surface area (Å²) in [6, 6.07) is 10.9. The molecule has 0 radical (unpaired) electrons. The van der Waals surface area contributed by atoms with Gasteiger partial charge in [-0.1, -0.05) is 32.1 Å². The lowest BCUT2D eigenvalue weighted by Crippen LogP contribution is -2.10. The summed E-state index contributed by atoms with van der Waals surface area (Å²) in [5.74, 6) is 0.854. The van der Waals surface area contributed by atoms with E-state index in [-0.39, 0.29) is 11.2 Å².